The van der Waals surface area contributed by atoms with Gasteiger partial charge in [-0.25, -0.2) is 4.98 Å². The van der Waals surface area contributed by atoms with Crippen LogP contribution in [0.5, 0.6) is 0 Å². The van der Waals surface area contributed by atoms with Crippen LogP contribution in [0.25, 0.3) is 0 Å². The number of aromatic nitrogens is 1. The van der Waals surface area contributed by atoms with Crippen molar-refractivity contribution in [3.63, 3.8) is 0 Å². The van der Waals surface area contributed by atoms with E-state index in [-0.39, 0.29) is 5.41 Å². The van der Waals surface area contributed by atoms with Crippen molar-refractivity contribution in [3.8, 4) is 0 Å². The number of nitrogens with zero attached hydrogens (tertiary/aromatic N) is 2. The smallest absolute Gasteiger partial charge is 0.222 e. The largest absolute Gasteiger partial charge is 0.343 e. The fraction of sp³-hybridized carbons (Fsp3) is 0.524. The first-order valence-electron chi connectivity index (χ1n) is 9.64. The molecule has 1 unspecified atom stereocenters. The summed E-state index contributed by atoms with van der Waals surface area (Å²) in [4.78, 5) is 19.7. The number of carbonyl (C=O) groups excluding carboxylic acids is 1. The third-order valence-electron chi connectivity index (χ3n) is 6.03. The van der Waals surface area contributed by atoms with Gasteiger partial charge >= 0.3 is 0 Å². The SMILES string of the molecule is Cc1nc(C2(c3ccccc3)CCN(C(=O)CC3CCNC3)CC2)cs1. The third kappa shape index (κ3) is 3.42. The number of likely N-dealkylation sites (tertiary alicyclic amines) is 1. The zero-order valence-electron chi connectivity index (χ0n) is 15.4. The van der Waals surface area contributed by atoms with Gasteiger partial charge in [-0.1, -0.05) is 30.3 Å². The molecule has 2 saturated heterocycles. The van der Waals surface area contributed by atoms with Gasteiger partial charge in [0.15, 0.2) is 0 Å². The first-order valence-corrected chi connectivity index (χ1v) is 10.5. The summed E-state index contributed by atoms with van der Waals surface area (Å²) in [5.41, 5.74) is 2.45. The molecule has 2 aromatic rings. The molecule has 5 heteroatoms. The van der Waals surface area contributed by atoms with E-state index in [9.17, 15) is 4.79 Å². The number of carbonyl (C=O) groups is 1. The summed E-state index contributed by atoms with van der Waals surface area (Å²) in [7, 11) is 0. The quantitative estimate of drug-likeness (QED) is 0.899. The van der Waals surface area contributed by atoms with Crippen molar-refractivity contribution < 1.29 is 4.79 Å². The predicted molar refractivity (Wildman–Crippen MR) is 105 cm³/mol. The first-order chi connectivity index (χ1) is 12.7. The normalized spacial score (nSPS) is 22.5. The topological polar surface area (TPSA) is 45.2 Å². The van der Waals surface area contributed by atoms with E-state index in [1.165, 1.54) is 11.3 Å². The van der Waals surface area contributed by atoms with Crippen molar-refractivity contribution in [1.29, 1.82) is 0 Å². The molecule has 1 amide bonds. The molecule has 1 atom stereocenters. The highest BCUT2D eigenvalue weighted by atomic mass is 32.1. The molecule has 3 heterocycles. The van der Waals surface area contributed by atoms with Crippen LogP contribution in [0.4, 0.5) is 0 Å². The van der Waals surface area contributed by atoms with Crippen LogP contribution in [0, 0.1) is 12.8 Å². The lowest BCUT2D eigenvalue weighted by Gasteiger charge is -2.41. The number of hydrogen-bond donors (Lipinski definition) is 1. The van der Waals surface area contributed by atoms with Gasteiger partial charge in [-0.05, 0) is 50.8 Å². The van der Waals surface area contributed by atoms with Gasteiger partial charge in [0.25, 0.3) is 0 Å². The zero-order valence-corrected chi connectivity index (χ0v) is 16.2. The average Bonchev–Trinajstić information content (AvgIpc) is 3.34. The lowest BCUT2D eigenvalue weighted by molar-refractivity contribution is -0.133. The number of hydrogen-bond acceptors (Lipinski definition) is 4. The molecule has 2 aliphatic rings. The molecule has 26 heavy (non-hydrogen) atoms. The number of amides is 1. The van der Waals surface area contributed by atoms with Crippen molar-refractivity contribution in [2.45, 2.75) is 38.0 Å². The molecule has 1 N–H and O–H groups in total. The van der Waals surface area contributed by atoms with Gasteiger partial charge in [-0.15, -0.1) is 11.3 Å². The van der Waals surface area contributed by atoms with Crippen LogP contribution < -0.4 is 5.32 Å². The fourth-order valence-electron chi connectivity index (χ4n) is 4.44. The summed E-state index contributed by atoms with van der Waals surface area (Å²) in [5.74, 6) is 0.847. The molecule has 4 rings (SSSR count). The van der Waals surface area contributed by atoms with E-state index in [4.69, 9.17) is 4.98 Å². The van der Waals surface area contributed by atoms with Gasteiger partial charge in [-0.2, -0.15) is 0 Å². The summed E-state index contributed by atoms with van der Waals surface area (Å²) < 4.78 is 0. The summed E-state index contributed by atoms with van der Waals surface area (Å²) in [6.45, 7) is 5.76. The van der Waals surface area contributed by atoms with Crippen molar-refractivity contribution >= 4 is 17.2 Å². The number of aryl methyl sites for hydroxylation is 1. The Morgan fingerprint density at radius 3 is 2.69 bits per heavy atom. The van der Waals surface area contributed by atoms with Crippen LogP contribution in [0.3, 0.4) is 0 Å². The Morgan fingerprint density at radius 2 is 2.08 bits per heavy atom. The molecule has 0 spiro atoms. The number of piperidine rings is 1. The van der Waals surface area contributed by atoms with Crippen molar-refractivity contribution in [2.75, 3.05) is 26.2 Å². The fourth-order valence-corrected chi connectivity index (χ4v) is 5.15. The van der Waals surface area contributed by atoms with E-state index < -0.39 is 0 Å². The molecular weight excluding hydrogens is 342 g/mol. The minimum Gasteiger partial charge on any atom is -0.343 e. The lowest BCUT2D eigenvalue weighted by Crippen LogP contribution is -2.46. The molecule has 0 aliphatic carbocycles. The number of rotatable bonds is 4. The molecule has 1 aromatic carbocycles. The van der Waals surface area contributed by atoms with Crippen LogP contribution in [-0.2, 0) is 10.2 Å². The summed E-state index contributed by atoms with van der Waals surface area (Å²) in [5, 5.41) is 6.69. The van der Waals surface area contributed by atoms with Crippen LogP contribution in [-0.4, -0.2) is 42.0 Å². The lowest BCUT2D eigenvalue weighted by atomic mass is 9.70. The molecule has 138 valence electrons. The van der Waals surface area contributed by atoms with E-state index in [0.717, 1.165) is 50.4 Å². The highest BCUT2D eigenvalue weighted by Gasteiger charge is 2.40. The maximum Gasteiger partial charge on any atom is 0.222 e. The second-order valence-electron chi connectivity index (χ2n) is 7.64. The molecule has 2 aliphatic heterocycles. The number of thiazole rings is 1. The van der Waals surface area contributed by atoms with Crippen LogP contribution in [0.15, 0.2) is 35.7 Å². The third-order valence-corrected chi connectivity index (χ3v) is 6.80. The van der Waals surface area contributed by atoms with E-state index in [0.29, 0.717) is 18.2 Å². The number of benzene rings is 1. The second-order valence-corrected chi connectivity index (χ2v) is 8.71. The molecule has 0 radical (unpaired) electrons. The van der Waals surface area contributed by atoms with Crippen molar-refractivity contribution in [3.05, 3.63) is 52.0 Å². The Morgan fingerprint density at radius 1 is 1.31 bits per heavy atom. The van der Waals surface area contributed by atoms with Crippen LogP contribution >= 0.6 is 11.3 Å². The number of nitrogens with one attached hydrogen (secondary N) is 1. The zero-order chi connectivity index (χ0) is 18.0. The molecular formula is C21H27N3OS. The van der Waals surface area contributed by atoms with Gasteiger partial charge in [0.05, 0.1) is 10.7 Å². The monoisotopic (exact) mass is 369 g/mol. The summed E-state index contributed by atoms with van der Waals surface area (Å²) in [6, 6.07) is 10.7. The molecule has 2 fully saturated rings. The highest BCUT2D eigenvalue weighted by molar-refractivity contribution is 7.09. The molecule has 4 nitrogen and oxygen atoms in total. The summed E-state index contributed by atoms with van der Waals surface area (Å²) in [6.07, 6.45) is 3.73. The Balaban J connectivity index is 1.52. The Labute approximate surface area is 159 Å². The molecule has 0 saturated carbocycles. The maximum absolute atomic E-state index is 12.7. The Bertz CT molecular complexity index is 744. The van der Waals surface area contributed by atoms with E-state index in [2.05, 4.69) is 52.9 Å². The standard InChI is InChI=1S/C21H27N3OS/c1-16-23-19(15-26-16)21(18-5-3-2-4-6-18)8-11-24(12-9-21)20(25)13-17-7-10-22-14-17/h2-6,15,17,22H,7-14H2,1H3. The second kappa shape index (κ2) is 7.49. The van der Waals surface area contributed by atoms with Crippen molar-refractivity contribution in [2.24, 2.45) is 5.92 Å². The molecule has 0 bridgehead atoms. The Kier molecular flexibility index (Phi) is 5.09. The van der Waals surface area contributed by atoms with Gasteiger partial charge < -0.3 is 10.2 Å². The van der Waals surface area contributed by atoms with E-state index >= 15 is 0 Å². The Hall–Kier alpha value is -1.72. The van der Waals surface area contributed by atoms with E-state index in [1.807, 2.05) is 0 Å². The van der Waals surface area contributed by atoms with Crippen LogP contribution in [0.1, 0.15) is 41.9 Å². The van der Waals surface area contributed by atoms with E-state index in [1.54, 1.807) is 11.3 Å². The van der Waals surface area contributed by atoms with Crippen molar-refractivity contribution in [1.82, 2.24) is 15.2 Å². The predicted octanol–water partition coefficient (Wildman–Crippen LogP) is 3.36. The van der Waals surface area contributed by atoms with Gasteiger partial charge in [0, 0.05) is 30.3 Å². The van der Waals surface area contributed by atoms with Crippen LogP contribution in [0.2, 0.25) is 0 Å². The highest BCUT2D eigenvalue weighted by Crippen LogP contribution is 2.42. The molecule has 1 aromatic heterocycles. The van der Waals surface area contributed by atoms with Gasteiger partial charge in [-0.3, -0.25) is 4.79 Å². The van der Waals surface area contributed by atoms with Gasteiger partial charge in [0.1, 0.15) is 0 Å². The maximum atomic E-state index is 12.7. The minimum absolute atomic E-state index is 0.0578. The minimum atomic E-state index is -0.0578. The first kappa shape index (κ1) is 17.7. The summed E-state index contributed by atoms with van der Waals surface area (Å²) >= 11 is 1.72. The van der Waals surface area contributed by atoms with Gasteiger partial charge in [0.2, 0.25) is 5.91 Å². The average molecular weight is 370 g/mol.